The van der Waals surface area contributed by atoms with Crippen LogP contribution in [0.2, 0.25) is 0 Å². The van der Waals surface area contributed by atoms with E-state index in [-0.39, 0.29) is 11.9 Å². The molecule has 0 bridgehead atoms. The lowest BCUT2D eigenvalue weighted by Crippen LogP contribution is -2.13. The number of amides is 1. The summed E-state index contributed by atoms with van der Waals surface area (Å²) in [6.45, 7) is 3.97. The van der Waals surface area contributed by atoms with E-state index in [9.17, 15) is 9.59 Å². The van der Waals surface area contributed by atoms with Crippen molar-refractivity contribution in [2.75, 3.05) is 11.9 Å². The molecule has 1 aromatic carbocycles. The van der Waals surface area contributed by atoms with Gasteiger partial charge in [-0.05, 0) is 58.9 Å². The predicted molar refractivity (Wildman–Crippen MR) is 87.1 cm³/mol. The van der Waals surface area contributed by atoms with E-state index in [0.717, 1.165) is 5.56 Å². The van der Waals surface area contributed by atoms with Crippen LogP contribution in [0.25, 0.3) is 0 Å². The number of halogens is 1. The summed E-state index contributed by atoms with van der Waals surface area (Å²) in [4.78, 5) is 23.8. The zero-order valence-electron chi connectivity index (χ0n) is 11.6. The molecule has 0 radical (unpaired) electrons. The Kier molecular flexibility index (Phi) is 5.14. The highest BCUT2D eigenvalue weighted by molar-refractivity contribution is 9.10. The first kappa shape index (κ1) is 15.7. The van der Waals surface area contributed by atoms with E-state index in [2.05, 4.69) is 21.2 Å². The molecule has 2 aromatic rings. The van der Waals surface area contributed by atoms with Crippen molar-refractivity contribution in [1.29, 1.82) is 0 Å². The lowest BCUT2D eigenvalue weighted by molar-refractivity contribution is 0.0526. The second kappa shape index (κ2) is 6.87. The van der Waals surface area contributed by atoms with Crippen molar-refractivity contribution in [1.82, 2.24) is 0 Å². The molecule has 1 heterocycles. The number of carbonyl (C=O) groups excluding carboxylic acids is 2. The summed E-state index contributed by atoms with van der Waals surface area (Å²) in [5.41, 5.74) is 2.64. The van der Waals surface area contributed by atoms with Gasteiger partial charge >= 0.3 is 5.97 Å². The van der Waals surface area contributed by atoms with Gasteiger partial charge in [0.1, 0.15) is 0 Å². The second-order valence-corrected chi connectivity index (χ2v) is 5.94. The van der Waals surface area contributed by atoms with Gasteiger partial charge in [0.25, 0.3) is 5.91 Å². The van der Waals surface area contributed by atoms with Gasteiger partial charge in [0.05, 0.1) is 23.4 Å². The van der Waals surface area contributed by atoms with E-state index in [1.165, 1.54) is 11.3 Å². The van der Waals surface area contributed by atoms with Gasteiger partial charge in [-0.25, -0.2) is 4.79 Å². The summed E-state index contributed by atoms with van der Waals surface area (Å²) in [5, 5.41) is 6.56. The van der Waals surface area contributed by atoms with Gasteiger partial charge in [0, 0.05) is 9.85 Å². The summed E-state index contributed by atoms with van der Waals surface area (Å²) in [5.74, 6) is -0.553. The van der Waals surface area contributed by atoms with Crippen LogP contribution in [0, 0.1) is 6.92 Å². The van der Waals surface area contributed by atoms with Crippen LogP contribution >= 0.6 is 27.3 Å². The fourth-order valence-electron chi connectivity index (χ4n) is 1.74. The topological polar surface area (TPSA) is 55.4 Å². The molecule has 0 saturated carbocycles. The molecule has 110 valence electrons. The van der Waals surface area contributed by atoms with Crippen molar-refractivity contribution in [3.05, 3.63) is 50.1 Å². The van der Waals surface area contributed by atoms with E-state index < -0.39 is 0 Å². The lowest BCUT2D eigenvalue weighted by atomic mass is 10.2. The SMILES string of the molecule is CCOC(=O)c1ccc(NC(=O)c2cscc2C)c(Br)c1. The summed E-state index contributed by atoms with van der Waals surface area (Å²) in [6.07, 6.45) is 0. The highest BCUT2D eigenvalue weighted by Gasteiger charge is 2.13. The lowest BCUT2D eigenvalue weighted by Gasteiger charge is -2.09. The minimum Gasteiger partial charge on any atom is -0.462 e. The predicted octanol–water partition coefficient (Wildman–Crippen LogP) is 4.25. The number of esters is 1. The van der Waals surface area contributed by atoms with Gasteiger partial charge in [-0.2, -0.15) is 11.3 Å². The van der Waals surface area contributed by atoms with Crippen molar-refractivity contribution in [2.45, 2.75) is 13.8 Å². The Bertz CT molecular complexity index is 681. The molecule has 1 amide bonds. The molecule has 1 N–H and O–H groups in total. The van der Waals surface area contributed by atoms with Crippen LogP contribution in [0.4, 0.5) is 5.69 Å². The molecular formula is C15H14BrNO3S. The first-order valence-electron chi connectivity index (χ1n) is 6.33. The molecule has 0 aliphatic carbocycles. The van der Waals surface area contributed by atoms with Crippen LogP contribution in [0.5, 0.6) is 0 Å². The Morgan fingerprint density at radius 1 is 1.33 bits per heavy atom. The summed E-state index contributed by atoms with van der Waals surface area (Å²) in [6, 6.07) is 4.93. The molecule has 4 nitrogen and oxygen atoms in total. The van der Waals surface area contributed by atoms with E-state index in [0.29, 0.717) is 27.9 Å². The molecule has 21 heavy (non-hydrogen) atoms. The quantitative estimate of drug-likeness (QED) is 0.821. The third-order valence-corrected chi connectivity index (χ3v) is 4.35. The Labute approximate surface area is 135 Å². The van der Waals surface area contributed by atoms with Gasteiger partial charge < -0.3 is 10.1 Å². The number of nitrogens with one attached hydrogen (secondary N) is 1. The van der Waals surface area contributed by atoms with Crippen molar-refractivity contribution >= 4 is 44.8 Å². The van der Waals surface area contributed by atoms with Gasteiger partial charge in [-0.3, -0.25) is 4.79 Å². The molecule has 0 aliphatic heterocycles. The number of benzene rings is 1. The fraction of sp³-hybridized carbons (Fsp3) is 0.200. The number of aryl methyl sites for hydroxylation is 1. The van der Waals surface area contributed by atoms with Crippen LogP contribution in [-0.4, -0.2) is 18.5 Å². The van der Waals surface area contributed by atoms with Gasteiger partial charge in [0.15, 0.2) is 0 Å². The number of carbonyl (C=O) groups is 2. The number of rotatable bonds is 4. The number of anilines is 1. The summed E-state index contributed by atoms with van der Waals surface area (Å²) in [7, 11) is 0. The number of hydrogen-bond donors (Lipinski definition) is 1. The second-order valence-electron chi connectivity index (χ2n) is 4.34. The monoisotopic (exact) mass is 367 g/mol. The number of ether oxygens (including phenoxy) is 1. The zero-order chi connectivity index (χ0) is 15.4. The average molecular weight is 368 g/mol. The average Bonchev–Trinajstić information content (AvgIpc) is 2.87. The first-order valence-corrected chi connectivity index (χ1v) is 8.07. The highest BCUT2D eigenvalue weighted by Crippen LogP contribution is 2.25. The summed E-state index contributed by atoms with van der Waals surface area (Å²) >= 11 is 4.84. The van der Waals surface area contributed by atoms with Gasteiger partial charge in [-0.1, -0.05) is 0 Å². The van der Waals surface area contributed by atoms with Crippen LogP contribution in [0.15, 0.2) is 33.4 Å². The minimum atomic E-state index is -0.384. The molecule has 6 heteroatoms. The van der Waals surface area contributed by atoms with Crippen LogP contribution in [0.3, 0.4) is 0 Å². The van der Waals surface area contributed by atoms with Crippen LogP contribution in [0.1, 0.15) is 33.2 Å². The largest absolute Gasteiger partial charge is 0.462 e. The normalized spacial score (nSPS) is 10.2. The van der Waals surface area contributed by atoms with E-state index in [1.54, 1.807) is 25.1 Å². The maximum absolute atomic E-state index is 12.2. The molecule has 0 spiro atoms. The first-order chi connectivity index (χ1) is 10.0. The maximum Gasteiger partial charge on any atom is 0.338 e. The van der Waals surface area contributed by atoms with Crippen LogP contribution in [-0.2, 0) is 4.74 Å². The third-order valence-electron chi connectivity index (χ3n) is 2.83. The Balaban J connectivity index is 2.16. The zero-order valence-corrected chi connectivity index (χ0v) is 14.0. The Morgan fingerprint density at radius 2 is 2.10 bits per heavy atom. The minimum absolute atomic E-state index is 0.168. The Hall–Kier alpha value is -1.66. The number of hydrogen-bond acceptors (Lipinski definition) is 4. The maximum atomic E-state index is 12.2. The van der Waals surface area contributed by atoms with E-state index in [4.69, 9.17) is 4.74 Å². The summed E-state index contributed by atoms with van der Waals surface area (Å²) < 4.78 is 5.57. The molecule has 0 saturated heterocycles. The third kappa shape index (κ3) is 3.71. The molecule has 0 unspecified atom stereocenters. The molecule has 1 aromatic heterocycles. The van der Waals surface area contributed by atoms with Gasteiger partial charge in [-0.15, -0.1) is 0 Å². The number of thiophene rings is 1. The smallest absolute Gasteiger partial charge is 0.338 e. The Morgan fingerprint density at radius 3 is 2.67 bits per heavy atom. The van der Waals surface area contributed by atoms with Crippen molar-refractivity contribution in [2.24, 2.45) is 0 Å². The van der Waals surface area contributed by atoms with E-state index >= 15 is 0 Å². The van der Waals surface area contributed by atoms with E-state index in [1.807, 2.05) is 17.7 Å². The standard InChI is InChI=1S/C15H14BrNO3S/c1-3-20-15(19)10-4-5-13(12(16)6-10)17-14(18)11-8-21-7-9(11)2/h4-8H,3H2,1-2H3,(H,17,18). The van der Waals surface area contributed by atoms with Crippen molar-refractivity contribution < 1.29 is 14.3 Å². The molecule has 0 atom stereocenters. The molecule has 2 rings (SSSR count). The molecular weight excluding hydrogens is 354 g/mol. The molecule has 0 fully saturated rings. The molecule has 0 aliphatic rings. The van der Waals surface area contributed by atoms with Crippen molar-refractivity contribution in [3.63, 3.8) is 0 Å². The fourth-order valence-corrected chi connectivity index (χ4v) is 3.05. The van der Waals surface area contributed by atoms with Gasteiger partial charge in [0.2, 0.25) is 0 Å². The van der Waals surface area contributed by atoms with Crippen molar-refractivity contribution in [3.8, 4) is 0 Å². The van der Waals surface area contributed by atoms with Crippen LogP contribution < -0.4 is 5.32 Å². The highest BCUT2D eigenvalue weighted by atomic mass is 79.9.